The molecule has 7 nitrogen and oxygen atoms in total. The summed E-state index contributed by atoms with van der Waals surface area (Å²) in [5.74, 6) is -0.228. The predicted molar refractivity (Wildman–Crippen MR) is 141 cm³/mol. The summed E-state index contributed by atoms with van der Waals surface area (Å²) in [5.41, 5.74) is 3.53. The Morgan fingerprint density at radius 1 is 0.971 bits per heavy atom. The van der Waals surface area contributed by atoms with Gasteiger partial charge in [0.1, 0.15) is 17.1 Å². The topological polar surface area (TPSA) is 72.8 Å². The molecular formula is C25H21Cl2N3O4S. The van der Waals surface area contributed by atoms with Crippen LogP contribution in [-0.4, -0.2) is 35.7 Å². The van der Waals surface area contributed by atoms with Crippen LogP contribution < -0.4 is 19.7 Å². The number of aryl methyl sites for hydroxylation is 1. The molecule has 0 aliphatic carbocycles. The number of carbonyl (C=O) groups is 2. The van der Waals surface area contributed by atoms with Crippen LogP contribution in [0.25, 0.3) is 11.8 Å². The van der Waals surface area contributed by atoms with Crippen LogP contribution >= 0.6 is 35.4 Å². The van der Waals surface area contributed by atoms with E-state index in [9.17, 15) is 9.59 Å². The highest BCUT2D eigenvalue weighted by Crippen LogP contribution is 2.35. The highest BCUT2D eigenvalue weighted by molar-refractivity contribution is 7.80. The van der Waals surface area contributed by atoms with E-state index in [1.165, 1.54) is 19.1 Å². The Morgan fingerprint density at radius 2 is 1.71 bits per heavy atom. The van der Waals surface area contributed by atoms with Crippen molar-refractivity contribution >= 4 is 64.1 Å². The number of aromatic nitrogens is 1. The zero-order valence-electron chi connectivity index (χ0n) is 19.3. The summed E-state index contributed by atoms with van der Waals surface area (Å²) in [6, 6.07) is 12.2. The smallest absolute Gasteiger partial charge is 0.270 e. The molecule has 0 unspecified atom stereocenters. The van der Waals surface area contributed by atoms with Crippen molar-refractivity contribution in [2.75, 3.05) is 19.1 Å². The highest BCUT2D eigenvalue weighted by Gasteiger charge is 2.36. The van der Waals surface area contributed by atoms with Crippen LogP contribution in [0.5, 0.6) is 11.5 Å². The summed E-state index contributed by atoms with van der Waals surface area (Å²) >= 11 is 17.6. The summed E-state index contributed by atoms with van der Waals surface area (Å²) < 4.78 is 12.6. The molecule has 0 atom stereocenters. The average Bonchev–Trinajstić information content (AvgIpc) is 3.11. The van der Waals surface area contributed by atoms with E-state index in [1.807, 2.05) is 30.5 Å². The molecule has 1 aromatic heterocycles. The third-order valence-electron chi connectivity index (χ3n) is 5.66. The fraction of sp³-hybridized carbons (Fsp3) is 0.160. The highest BCUT2D eigenvalue weighted by atomic mass is 35.5. The lowest BCUT2D eigenvalue weighted by Crippen LogP contribution is -2.54. The van der Waals surface area contributed by atoms with Crippen molar-refractivity contribution in [1.82, 2.24) is 9.88 Å². The first-order valence-corrected chi connectivity index (χ1v) is 11.6. The molecular weight excluding hydrogens is 509 g/mol. The Hall–Kier alpha value is -3.33. The van der Waals surface area contributed by atoms with Crippen LogP contribution in [0.4, 0.5) is 5.69 Å². The van der Waals surface area contributed by atoms with Crippen molar-refractivity contribution in [3.05, 3.63) is 75.0 Å². The van der Waals surface area contributed by atoms with E-state index in [0.29, 0.717) is 32.8 Å². The van der Waals surface area contributed by atoms with Crippen molar-refractivity contribution < 1.29 is 19.1 Å². The normalized spacial score (nSPS) is 15.0. The van der Waals surface area contributed by atoms with E-state index in [0.717, 1.165) is 17.1 Å². The van der Waals surface area contributed by atoms with Crippen LogP contribution in [-0.2, 0) is 9.59 Å². The number of ether oxygens (including phenoxy) is 2. The number of hydrogen-bond acceptors (Lipinski definition) is 5. The van der Waals surface area contributed by atoms with Crippen molar-refractivity contribution in [3.8, 4) is 17.2 Å². The minimum absolute atomic E-state index is 0.0399. The first-order chi connectivity index (χ1) is 16.7. The fourth-order valence-electron chi connectivity index (χ4n) is 3.96. The molecule has 2 heterocycles. The molecule has 0 radical (unpaired) electrons. The molecule has 1 fully saturated rings. The number of amides is 2. The van der Waals surface area contributed by atoms with Crippen LogP contribution in [0, 0.1) is 13.8 Å². The Morgan fingerprint density at radius 3 is 2.37 bits per heavy atom. The monoisotopic (exact) mass is 529 g/mol. The lowest BCUT2D eigenvalue weighted by molar-refractivity contribution is -0.122. The van der Waals surface area contributed by atoms with Gasteiger partial charge in [0.15, 0.2) is 5.11 Å². The molecule has 4 rings (SSSR count). The second-order valence-corrected chi connectivity index (χ2v) is 8.96. The van der Waals surface area contributed by atoms with E-state index in [2.05, 4.69) is 5.32 Å². The van der Waals surface area contributed by atoms with E-state index in [4.69, 9.17) is 44.9 Å². The molecule has 1 N–H and O–H groups in total. The number of methoxy groups -OCH3 is 2. The lowest BCUT2D eigenvalue weighted by Gasteiger charge is -2.30. The first-order valence-electron chi connectivity index (χ1n) is 10.4. The van der Waals surface area contributed by atoms with Gasteiger partial charge in [-0.25, -0.2) is 4.90 Å². The number of nitrogens with zero attached hydrogens (tertiary/aromatic N) is 2. The van der Waals surface area contributed by atoms with Gasteiger partial charge in [0.05, 0.1) is 30.0 Å². The van der Waals surface area contributed by atoms with Gasteiger partial charge in [0.25, 0.3) is 11.8 Å². The number of nitrogens with one attached hydrogen (secondary N) is 1. The molecule has 2 amide bonds. The SMILES string of the molecule is COc1ccc(N2C(=O)/C(=C\c3cc(C)n(-c4ccc(Cl)c(Cl)c4)c3C)C(=O)NC2=S)c(OC)c1. The predicted octanol–water partition coefficient (Wildman–Crippen LogP) is 5.25. The van der Waals surface area contributed by atoms with Gasteiger partial charge in [-0.3, -0.25) is 14.9 Å². The Bertz CT molecular complexity index is 1410. The minimum atomic E-state index is -0.580. The summed E-state index contributed by atoms with van der Waals surface area (Å²) in [7, 11) is 3.00. The molecule has 0 spiro atoms. The maximum Gasteiger partial charge on any atom is 0.270 e. The maximum atomic E-state index is 13.5. The van der Waals surface area contributed by atoms with Crippen LogP contribution in [0.1, 0.15) is 17.0 Å². The lowest BCUT2D eigenvalue weighted by atomic mass is 10.1. The number of thiocarbonyl (C=S) groups is 1. The zero-order chi connectivity index (χ0) is 25.4. The van der Waals surface area contributed by atoms with Gasteiger partial charge >= 0.3 is 0 Å². The van der Waals surface area contributed by atoms with Gasteiger partial charge in [0.2, 0.25) is 0 Å². The molecule has 35 heavy (non-hydrogen) atoms. The van der Waals surface area contributed by atoms with Crippen molar-refractivity contribution in [2.24, 2.45) is 0 Å². The molecule has 1 aliphatic heterocycles. The molecule has 3 aromatic rings. The Kier molecular flexibility index (Phi) is 6.89. The van der Waals surface area contributed by atoms with Gasteiger partial charge in [-0.1, -0.05) is 23.2 Å². The third-order valence-corrected chi connectivity index (χ3v) is 6.68. The van der Waals surface area contributed by atoms with Crippen molar-refractivity contribution in [2.45, 2.75) is 13.8 Å². The van der Waals surface area contributed by atoms with Gasteiger partial charge in [-0.2, -0.15) is 0 Å². The third kappa shape index (κ3) is 4.52. The molecule has 1 aliphatic rings. The molecule has 2 aromatic carbocycles. The number of anilines is 1. The molecule has 10 heteroatoms. The second kappa shape index (κ2) is 9.73. The number of halogens is 2. The van der Waals surface area contributed by atoms with Crippen LogP contribution in [0.15, 0.2) is 48.0 Å². The minimum Gasteiger partial charge on any atom is -0.497 e. The standard InChI is InChI=1S/C25H21Cl2N3O4S/c1-13-9-15(14(2)29(13)16-5-7-19(26)20(27)11-16)10-18-23(31)28-25(35)30(24(18)32)21-8-6-17(33-3)12-22(21)34-4/h5-12H,1-4H3,(H,28,31,35)/b18-10-. The molecule has 1 saturated heterocycles. The second-order valence-electron chi connectivity index (χ2n) is 7.76. The maximum absolute atomic E-state index is 13.5. The number of carbonyl (C=O) groups excluding carboxylic acids is 2. The fourth-order valence-corrected chi connectivity index (χ4v) is 4.52. The zero-order valence-corrected chi connectivity index (χ0v) is 21.6. The van der Waals surface area contributed by atoms with E-state index < -0.39 is 11.8 Å². The van der Waals surface area contributed by atoms with Crippen LogP contribution in [0.3, 0.4) is 0 Å². The van der Waals surface area contributed by atoms with Gasteiger partial charge in [-0.15, -0.1) is 0 Å². The Labute approximate surface area is 217 Å². The van der Waals surface area contributed by atoms with Gasteiger partial charge in [0, 0.05) is 23.1 Å². The Balaban J connectivity index is 1.78. The van der Waals surface area contributed by atoms with Gasteiger partial charge in [-0.05, 0) is 74.1 Å². The molecule has 0 bridgehead atoms. The number of hydrogen-bond donors (Lipinski definition) is 1. The summed E-state index contributed by atoms with van der Waals surface area (Å²) in [5, 5.41) is 3.44. The van der Waals surface area contributed by atoms with E-state index in [-0.39, 0.29) is 10.7 Å². The van der Waals surface area contributed by atoms with Crippen molar-refractivity contribution in [1.29, 1.82) is 0 Å². The van der Waals surface area contributed by atoms with E-state index >= 15 is 0 Å². The molecule has 180 valence electrons. The quantitative estimate of drug-likeness (QED) is 0.277. The average molecular weight is 530 g/mol. The number of rotatable bonds is 5. The van der Waals surface area contributed by atoms with E-state index in [1.54, 1.807) is 36.4 Å². The summed E-state index contributed by atoms with van der Waals surface area (Å²) in [6.45, 7) is 3.81. The van der Waals surface area contributed by atoms with Gasteiger partial charge < -0.3 is 14.0 Å². The largest absolute Gasteiger partial charge is 0.497 e. The molecule has 0 saturated carbocycles. The van der Waals surface area contributed by atoms with Crippen molar-refractivity contribution in [3.63, 3.8) is 0 Å². The van der Waals surface area contributed by atoms with Crippen LogP contribution in [0.2, 0.25) is 10.0 Å². The summed E-state index contributed by atoms with van der Waals surface area (Å²) in [6.07, 6.45) is 1.55. The number of benzene rings is 2. The summed E-state index contributed by atoms with van der Waals surface area (Å²) in [4.78, 5) is 27.5. The first kappa shape index (κ1) is 24.8.